The Kier molecular flexibility index (Phi) is 4.90. The maximum atomic E-state index is 13.0. The molecule has 1 aliphatic rings. The van der Waals surface area contributed by atoms with E-state index >= 15 is 0 Å². The van der Waals surface area contributed by atoms with Gasteiger partial charge in [-0.3, -0.25) is 9.59 Å². The zero-order valence-corrected chi connectivity index (χ0v) is 16.3. The number of imide groups is 1. The minimum atomic E-state index is -0.509. The van der Waals surface area contributed by atoms with Crippen molar-refractivity contribution in [3.8, 4) is 17.2 Å². The van der Waals surface area contributed by atoms with E-state index < -0.39 is 5.25 Å². The van der Waals surface area contributed by atoms with Gasteiger partial charge in [0.25, 0.3) is 0 Å². The van der Waals surface area contributed by atoms with E-state index in [1.54, 1.807) is 12.1 Å². The van der Waals surface area contributed by atoms with Crippen LogP contribution in [0.3, 0.4) is 0 Å². The topological polar surface area (TPSA) is 87.2 Å². The van der Waals surface area contributed by atoms with Crippen molar-refractivity contribution in [1.82, 2.24) is 0 Å². The number of nitrogens with zero attached hydrogens (tertiary/aromatic N) is 2. The van der Waals surface area contributed by atoms with E-state index in [0.717, 1.165) is 16.0 Å². The monoisotopic (exact) mass is 405 g/mol. The highest BCUT2D eigenvalue weighted by Gasteiger charge is 2.42. The van der Waals surface area contributed by atoms with Gasteiger partial charge in [0, 0.05) is 27.9 Å². The summed E-state index contributed by atoms with van der Waals surface area (Å²) in [6.45, 7) is 0. The SMILES string of the molecule is N#Cc1c(-c2ccccc2)csc1N1C(=O)CC(Sc2ccc(N)cc2)C1=O. The van der Waals surface area contributed by atoms with E-state index in [0.29, 0.717) is 16.3 Å². The summed E-state index contributed by atoms with van der Waals surface area (Å²) in [7, 11) is 0. The summed E-state index contributed by atoms with van der Waals surface area (Å²) in [5.41, 5.74) is 8.32. The van der Waals surface area contributed by atoms with Crippen molar-refractivity contribution < 1.29 is 9.59 Å². The van der Waals surface area contributed by atoms with Crippen molar-refractivity contribution in [3.63, 3.8) is 0 Å². The van der Waals surface area contributed by atoms with Gasteiger partial charge < -0.3 is 5.73 Å². The molecule has 4 rings (SSSR count). The van der Waals surface area contributed by atoms with Crippen molar-refractivity contribution in [2.75, 3.05) is 10.6 Å². The fraction of sp³-hybridized carbons (Fsp3) is 0.0952. The highest BCUT2D eigenvalue weighted by Crippen LogP contribution is 2.41. The van der Waals surface area contributed by atoms with Crippen LogP contribution in [0, 0.1) is 11.3 Å². The summed E-state index contributed by atoms with van der Waals surface area (Å²) in [5, 5.41) is 11.4. The molecule has 138 valence electrons. The number of benzene rings is 2. The zero-order chi connectivity index (χ0) is 19.7. The van der Waals surface area contributed by atoms with Gasteiger partial charge in [0.1, 0.15) is 11.1 Å². The molecule has 0 radical (unpaired) electrons. The van der Waals surface area contributed by atoms with Crippen LogP contribution in [0.1, 0.15) is 12.0 Å². The van der Waals surface area contributed by atoms with Gasteiger partial charge in [-0.2, -0.15) is 5.26 Å². The molecule has 0 bridgehead atoms. The first kappa shape index (κ1) is 18.3. The van der Waals surface area contributed by atoms with Crippen molar-refractivity contribution in [1.29, 1.82) is 5.26 Å². The minimum absolute atomic E-state index is 0.108. The number of rotatable bonds is 4. The van der Waals surface area contributed by atoms with E-state index in [9.17, 15) is 14.9 Å². The molecule has 2 aromatic carbocycles. The van der Waals surface area contributed by atoms with Crippen molar-refractivity contribution in [2.24, 2.45) is 0 Å². The molecule has 1 unspecified atom stereocenters. The van der Waals surface area contributed by atoms with Crippen LogP contribution in [0.15, 0.2) is 64.9 Å². The second kappa shape index (κ2) is 7.50. The lowest BCUT2D eigenvalue weighted by atomic mass is 10.0. The van der Waals surface area contributed by atoms with Gasteiger partial charge in [-0.1, -0.05) is 30.3 Å². The molecular weight excluding hydrogens is 390 g/mol. The van der Waals surface area contributed by atoms with Gasteiger partial charge in [0.15, 0.2) is 0 Å². The van der Waals surface area contributed by atoms with Crippen LogP contribution in [0.25, 0.3) is 11.1 Å². The van der Waals surface area contributed by atoms with Crippen LogP contribution in [0.4, 0.5) is 10.7 Å². The molecule has 1 atom stereocenters. The molecule has 2 heterocycles. The van der Waals surface area contributed by atoms with Crippen molar-refractivity contribution in [3.05, 3.63) is 65.5 Å². The van der Waals surface area contributed by atoms with Crippen molar-refractivity contribution >= 4 is 45.6 Å². The molecule has 5 nitrogen and oxygen atoms in total. The van der Waals surface area contributed by atoms with E-state index in [1.807, 2.05) is 47.8 Å². The Hall–Kier alpha value is -3.08. The van der Waals surface area contributed by atoms with Crippen LogP contribution in [0.5, 0.6) is 0 Å². The van der Waals surface area contributed by atoms with E-state index in [-0.39, 0.29) is 18.2 Å². The lowest BCUT2D eigenvalue weighted by molar-refractivity contribution is -0.121. The molecular formula is C21H15N3O2S2. The molecule has 0 saturated carbocycles. The number of nitrogen functional groups attached to an aromatic ring is 1. The van der Waals surface area contributed by atoms with Crippen LogP contribution in [-0.4, -0.2) is 17.1 Å². The van der Waals surface area contributed by atoms with Gasteiger partial charge in [0.2, 0.25) is 11.8 Å². The predicted octanol–water partition coefficient (Wildman–Crippen LogP) is 4.29. The maximum Gasteiger partial charge on any atom is 0.248 e. The van der Waals surface area contributed by atoms with Crippen LogP contribution < -0.4 is 10.6 Å². The normalized spacial score (nSPS) is 16.4. The molecule has 7 heteroatoms. The highest BCUT2D eigenvalue weighted by molar-refractivity contribution is 8.00. The number of hydrogen-bond donors (Lipinski definition) is 1. The van der Waals surface area contributed by atoms with Gasteiger partial charge in [0.05, 0.1) is 10.8 Å². The molecule has 0 spiro atoms. The zero-order valence-electron chi connectivity index (χ0n) is 14.7. The minimum Gasteiger partial charge on any atom is -0.399 e. The Morgan fingerprint density at radius 3 is 2.50 bits per heavy atom. The number of thiophene rings is 1. The second-order valence-electron chi connectivity index (χ2n) is 6.25. The fourth-order valence-corrected chi connectivity index (χ4v) is 5.18. The van der Waals surface area contributed by atoms with E-state index in [1.165, 1.54) is 28.0 Å². The van der Waals surface area contributed by atoms with Crippen LogP contribution >= 0.6 is 23.1 Å². The number of hydrogen-bond acceptors (Lipinski definition) is 6. The molecule has 1 saturated heterocycles. The molecule has 1 aromatic heterocycles. The Morgan fingerprint density at radius 2 is 1.82 bits per heavy atom. The predicted molar refractivity (Wildman–Crippen MR) is 112 cm³/mol. The van der Waals surface area contributed by atoms with Crippen LogP contribution in [-0.2, 0) is 9.59 Å². The number of nitrogens with two attached hydrogens (primary N) is 1. The maximum absolute atomic E-state index is 13.0. The summed E-state index contributed by atoms with van der Waals surface area (Å²) in [5.74, 6) is -0.569. The molecule has 1 aliphatic heterocycles. The summed E-state index contributed by atoms with van der Waals surface area (Å²) < 4.78 is 0. The highest BCUT2D eigenvalue weighted by atomic mass is 32.2. The molecule has 2 N–H and O–H groups in total. The third-order valence-corrected chi connectivity index (χ3v) is 6.60. The Morgan fingerprint density at radius 1 is 1.11 bits per heavy atom. The summed E-state index contributed by atoms with van der Waals surface area (Å²) in [6, 6.07) is 18.9. The first-order valence-corrected chi connectivity index (χ1v) is 10.3. The Labute approximate surface area is 170 Å². The summed E-state index contributed by atoms with van der Waals surface area (Å²) >= 11 is 2.59. The molecule has 3 aromatic rings. The number of anilines is 2. The number of amides is 2. The number of thioether (sulfide) groups is 1. The third kappa shape index (κ3) is 3.28. The Balaban J connectivity index is 1.64. The van der Waals surface area contributed by atoms with Crippen molar-refractivity contribution in [2.45, 2.75) is 16.6 Å². The van der Waals surface area contributed by atoms with E-state index in [4.69, 9.17) is 5.73 Å². The summed E-state index contributed by atoms with van der Waals surface area (Å²) in [4.78, 5) is 27.6. The van der Waals surface area contributed by atoms with Crippen LogP contribution in [0.2, 0.25) is 0 Å². The standard InChI is InChI=1S/C21H15N3O2S2/c22-11-16-17(13-4-2-1-3-5-13)12-27-21(16)24-19(25)10-18(20(24)26)28-15-8-6-14(23)7-9-15/h1-9,12,18H,10,23H2. The lowest BCUT2D eigenvalue weighted by Crippen LogP contribution is -2.31. The quantitative estimate of drug-likeness (QED) is 0.517. The second-order valence-corrected chi connectivity index (χ2v) is 8.39. The fourth-order valence-electron chi connectivity index (χ4n) is 3.07. The molecule has 1 fully saturated rings. The molecule has 0 aliphatic carbocycles. The van der Waals surface area contributed by atoms with Gasteiger partial charge in [-0.15, -0.1) is 23.1 Å². The smallest absolute Gasteiger partial charge is 0.248 e. The van der Waals surface area contributed by atoms with Gasteiger partial charge in [-0.25, -0.2) is 4.90 Å². The summed E-state index contributed by atoms with van der Waals surface area (Å²) in [6.07, 6.45) is 0.108. The Bertz CT molecular complexity index is 1090. The average Bonchev–Trinajstić information content (AvgIpc) is 3.24. The lowest BCUT2D eigenvalue weighted by Gasteiger charge is -2.13. The molecule has 28 heavy (non-hydrogen) atoms. The number of carbonyl (C=O) groups excluding carboxylic acids is 2. The van der Waals surface area contributed by atoms with E-state index in [2.05, 4.69) is 6.07 Å². The molecule has 2 amide bonds. The third-order valence-electron chi connectivity index (χ3n) is 4.43. The average molecular weight is 406 g/mol. The van der Waals surface area contributed by atoms with Gasteiger partial charge >= 0.3 is 0 Å². The first-order valence-electron chi connectivity index (χ1n) is 8.54. The first-order chi connectivity index (χ1) is 13.6. The number of carbonyl (C=O) groups is 2. The van der Waals surface area contributed by atoms with Gasteiger partial charge in [-0.05, 0) is 29.8 Å². The largest absolute Gasteiger partial charge is 0.399 e. The number of nitriles is 1.